The molecule has 14 heteroatoms. The monoisotopic (exact) mass is 600 g/mol. The summed E-state index contributed by atoms with van der Waals surface area (Å²) in [5.74, 6) is 1.31. The SMILES string of the molecule is COc1ccc(CN(Cc2nc3cc(Cl)c(Cl)cc3[nH]2)c2cc(N3CC(C#N)C3)nn3c(C(F)(F)F)cnc23)cc1. The van der Waals surface area contributed by atoms with Crippen LogP contribution in [0.5, 0.6) is 5.75 Å². The third kappa shape index (κ3) is 5.18. The van der Waals surface area contributed by atoms with Gasteiger partial charge in [0.1, 0.15) is 11.6 Å². The van der Waals surface area contributed by atoms with Crippen molar-refractivity contribution < 1.29 is 17.9 Å². The van der Waals surface area contributed by atoms with Crippen LogP contribution in [0.1, 0.15) is 17.1 Å². The molecule has 0 saturated carbocycles. The van der Waals surface area contributed by atoms with E-state index in [0.717, 1.165) is 16.3 Å². The number of rotatable bonds is 7. The van der Waals surface area contributed by atoms with Crippen LogP contribution in [0.4, 0.5) is 24.7 Å². The van der Waals surface area contributed by atoms with E-state index in [2.05, 4.69) is 26.1 Å². The van der Waals surface area contributed by atoms with Gasteiger partial charge in [-0.25, -0.2) is 14.5 Å². The second kappa shape index (κ2) is 10.3. The Morgan fingerprint density at radius 3 is 2.54 bits per heavy atom. The zero-order valence-electron chi connectivity index (χ0n) is 21.5. The summed E-state index contributed by atoms with van der Waals surface area (Å²) in [6.07, 6.45) is -3.90. The zero-order valence-corrected chi connectivity index (χ0v) is 23.0. The van der Waals surface area contributed by atoms with Gasteiger partial charge in [0, 0.05) is 25.7 Å². The lowest BCUT2D eigenvalue weighted by Gasteiger charge is -2.37. The third-order valence-electron chi connectivity index (χ3n) is 6.90. The van der Waals surface area contributed by atoms with Gasteiger partial charge in [0.15, 0.2) is 17.2 Å². The van der Waals surface area contributed by atoms with Crippen LogP contribution in [0.3, 0.4) is 0 Å². The fourth-order valence-electron chi connectivity index (χ4n) is 4.76. The average Bonchev–Trinajstić information content (AvgIpc) is 3.51. The lowest BCUT2D eigenvalue weighted by Crippen LogP contribution is -2.46. The maximum absolute atomic E-state index is 14.0. The van der Waals surface area contributed by atoms with Gasteiger partial charge < -0.3 is 19.5 Å². The van der Waals surface area contributed by atoms with Gasteiger partial charge in [-0.3, -0.25) is 0 Å². The van der Waals surface area contributed by atoms with Gasteiger partial charge >= 0.3 is 6.18 Å². The van der Waals surface area contributed by atoms with Gasteiger partial charge in [-0.2, -0.15) is 18.4 Å². The van der Waals surface area contributed by atoms with Crippen LogP contribution in [0, 0.1) is 17.2 Å². The van der Waals surface area contributed by atoms with Gasteiger partial charge in [0.2, 0.25) is 0 Å². The van der Waals surface area contributed by atoms with Gasteiger partial charge in [0.25, 0.3) is 0 Å². The summed E-state index contributed by atoms with van der Waals surface area (Å²) < 4.78 is 48.0. The van der Waals surface area contributed by atoms with Crippen LogP contribution >= 0.6 is 23.2 Å². The molecule has 4 heterocycles. The van der Waals surface area contributed by atoms with Crippen molar-refractivity contribution in [3.8, 4) is 11.8 Å². The molecule has 5 aromatic rings. The van der Waals surface area contributed by atoms with E-state index in [4.69, 9.17) is 27.9 Å². The molecule has 1 N–H and O–H groups in total. The molecule has 0 spiro atoms. The number of H-pyrrole nitrogens is 1. The molecule has 0 aliphatic carbocycles. The number of aromatic amines is 1. The Bertz CT molecular complexity index is 1750. The second-order valence-corrected chi connectivity index (χ2v) is 10.5. The Morgan fingerprint density at radius 1 is 1.12 bits per heavy atom. The maximum Gasteiger partial charge on any atom is 0.435 e. The van der Waals surface area contributed by atoms with Crippen LogP contribution in [0.25, 0.3) is 16.7 Å². The molecule has 41 heavy (non-hydrogen) atoms. The van der Waals surface area contributed by atoms with Crippen LogP contribution in [-0.2, 0) is 19.3 Å². The normalized spacial score (nSPS) is 13.9. The molecule has 1 aliphatic rings. The van der Waals surface area contributed by atoms with E-state index in [-0.39, 0.29) is 18.1 Å². The van der Waals surface area contributed by atoms with Gasteiger partial charge in [-0.1, -0.05) is 35.3 Å². The molecule has 0 radical (unpaired) electrons. The van der Waals surface area contributed by atoms with Crippen molar-refractivity contribution in [1.29, 1.82) is 5.26 Å². The smallest absolute Gasteiger partial charge is 0.435 e. The van der Waals surface area contributed by atoms with E-state index in [9.17, 15) is 18.4 Å². The van der Waals surface area contributed by atoms with Crippen molar-refractivity contribution in [2.45, 2.75) is 19.3 Å². The number of anilines is 2. The molecule has 1 saturated heterocycles. The minimum Gasteiger partial charge on any atom is -0.497 e. The maximum atomic E-state index is 14.0. The van der Waals surface area contributed by atoms with Crippen molar-refractivity contribution >= 4 is 51.4 Å². The van der Waals surface area contributed by atoms with Crippen LogP contribution < -0.4 is 14.5 Å². The molecule has 6 rings (SSSR count). The standard InChI is InChI=1S/C27H21Cl2F3N8O/c1-41-17-4-2-15(3-5-17)11-38(14-24-35-20-6-18(28)19(29)7-21(20)36-24)22-8-25(39-12-16(9-33)13-39)37-40-23(27(30,31)32)10-34-26(22)40/h2-8,10,16H,11-14H2,1H3,(H,35,36). The first-order chi connectivity index (χ1) is 19.6. The number of halogens is 5. The number of alkyl halides is 3. The third-order valence-corrected chi connectivity index (χ3v) is 7.62. The Hall–Kier alpha value is -4.21. The fraction of sp³-hybridized carbons (Fsp3) is 0.259. The Morgan fingerprint density at radius 2 is 1.85 bits per heavy atom. The summed E-state index contributed by atoms with van der Waals surface area (Å²) in [4.78, 5) is 15.7. The molecule has 210 valence electrons. The number of ether oxygens (including phenoxy) is 1. The molecule has 0 unspecified atom stereocenters. The molecule has 0 amide bonds. The predicted molar refractivity (Wildman–Crippen MR) is 148 cm³/mol. The highest BCUT2D eigenvalue weighted by molar-refractivity contribution is 6.42. The van der Waals surface area contributed by atoms with Gasteiger partial charge in [-0.15, -0.1) is 5.10 Å². The molecule has 1 aliphatic heterocycles. The molecule has 0 atom stereocenters. The summed E-state index contributed by atoms with van der Waals surface area (Å²) in [6, 6.07) is 14.6. The lowest BCUT2D eigenvalue weighted by atomic mass is 10.0. The number of imidazole rings is 2. The molecule has 0 bridgehead atoms. The number of nitrogens with zero attached hydrogens (tertiary/aromatic N) is 7. The van der Waals surface area contributed by atoms with Crippen molar-refractivity contribution in [3.63, 3.8) is 0 Å². The predicted octanol–water partition coefficient (Wildman–Crippen LogP) is 6.11. The summed E-state index contributed by atoms with van der Waals surface area (Å²) in [5.41, 5.74) is 1.60. The summed E-state index contributed by atoms with van der Waals surface area (Å²) in [5, 5.41) is 14.2. The highest BCUT2D eigenvalue weighted by Gasteiger charge is 2.37. The summed E-state index contributed by atoms with van der Waals surface area (Å²) in [7, 11) is 1.57. The van der Waals surface area contributed by atoms with Crippen molar-refractivity contribution in [3.05, 3.63) is 75.8 Å². The Balaban J connectivity index is 1.48. The number of fused-ring (bicyclic) bond motifs is 2. The summed E-state index contributed by atoms with van der Waals surface area (Å²) in [6.45, 7) is 1.23. The first-order valence-corrected chi connectivity index (χ1v) is 13.2. The lowest BCUT2D eigenvalue weighted by molar-refractivity contribution is -0.142. The van der Waals surface area contributed by atoms with E-state index < -0.39 is 11.9 Å². The van der Waals surface area contributed by atoms with Gasteiger partial charge in [-0.05, 0) is 29.8 Å². The molecule has 9 nitrogen and oxygen atoms in total. The molecular weight excluding hydrogens is 580 g/mol. The summed E-state index contributed by atoms with van der Waals surface area (Å²) >= 11 is 12.4. The average molecular weight is 601 g/mol. The van der Waals surface area contributed by atoms with Crippen LogP contribution in [-0.4, -0.2) is 44.8 Å². The number of nitriles is 1. The number of hydrogen-bond donors (Lipinski definition) is 1. The van der Waals surface area contributed by atoms with E-state index in [0.29, 0.717) is 63.8 Å². The Labute approximate surface area is 241 Å². The quantitative estimate of drug-likeness (QED) is 0.241. The van der Waals surface area contributed by atoms with E-state index in [1.807, 2.05) is 29.2 Å². The molecular formula is C27H21Cl2F3N8O. The number of methoxy groups -OCH3 is 1. The number of benzene rings is 2. The highest BCUT2D eigenvalue weighted by atomic mass is 35.5. The van der Waals surface area contributed by atoms with Crippen LogP contribution in [0.2, 0.25) is 10.0 Å². The van der Waals surface area contributed by atoms with E-state index in [1.165, 1.54) is 0 Å². The van der Waals surface area contributed by atoms with E-state index in [1.54, 1.807) is 30.2 Å². The van der Waals surface area contributed by atoms with Crippen LogP contribution in [0.15, 0.2) is 48.7 Å². The van der Waals surface area contributed by atoms with E-state index >= 15 is 0 Å². The van der Waals surface area contributed by atoms with Crippen molar-refractivity contribution in [2.75, 3.05) is 30.0 Å². The first-order valence-electron chi connectivity index (χ1n) is 12.4. The number of nitrogens with one attached hydrogen (secondary N) is 1. The number of aromatic nitrogens is 5. The largest absolute Gasteiger partial charge is 0.497 e. The molecule has 3 aromatic heterocycles. The molecule has 2 aromatic carbocycles. The number of hydrogen-bond acceptors (Lipinski definition) is 7. The topological polar surface area (TPSA) is 98.4 Å². The minimum atomic E-state index is -4.68. The first kappa shape index (κ1) is 27.0. The Kier molecular flexibility index (Phi) is 6.79. The van der Waals surface area contributed by atoms with Gasteiger partial charge in [0.05, 0.1) is 58.6 Å². The highest BCUT2D eigenvalue weighted by Crippen LogP contribution is 2.36. The zero-order chi connectivity index (χ0) is 28.9. The fourth-order valence-corrected chi connectivity index (χ4v) is 5.08. The van der Waals surface area contributed by atoms with Crippen molar-refractivity contribution in [1.82, 2.24) is 24.6 Å². The molecule has 1 fully saturated rings. The second-order valence-electron chi connectivity index (χ2n) is 9.67. The minimum absolute atomic E-state index is 0.0362. The van der Waals surface area contributed by atoms with Crippen molar-refractivity contribution in [2.24, 2.45) is 5.92 Å².